The fourth-order valence-corrected chi connectivity index (χ4v) is 1.74. The predicted octanol–water partition coefficient (Wildman–Crippen LogP) is 2.07. The van der Waals surface area contributed by atoms with E-state index in [0.717, 1.165) is 11.8 Å². The van der Waals surface area contributed by atoms with Crippen LogP contribution in [0.3, 0.4) is 0 Å². The molecule has 0 aliphatic rings. The van der Waals surface area contributed by atoms with Crippen molar-refractivity contribution in [2.75, 3.05) is 19.0 Å². The Bertz CT molecular complexity index is 656. The number of anilines is 1. The lowest BCUT2D eigenvalue weighted by Gasteiger charge is -2.12. The van der Waals surface area contributed by atoms with Gasteiger partial charge in [0.05, 0.1) is 6.26 Å². The lowest BCUT2D eigenvalue weighted by atomic mass is 10.1. The first kappa shape index (κ1) is 12.9. The number of rotatable bonds is 3. The van der Waals surface area contributed by atoms with E-state index >= 15 is 0 Å². The molecule has 0 saturated carbocycles. The number of carbonyl (C=O) groups is 1. The Hall–Kier alpha value is -2.56. The predicted molar refractivity (Wildman–Crippen MR) is 71.7 cm³/mol. The van der Waals surface area contributed by atoms with Crippen molar-refractivity contribution in [3.63, 3.8) is 0 Å². The summed E-state index contributed by atoms with van der Waals surface area (Å²) in [6.07, 6.45) is 1.20. The third-order valence-corrected chi connectivity index (χ3v) is 2.74. The van der Waals surface area contributed by atoms with Gasteiger partial charge < -0.3 is 14.4 Å². The molecule has 2 rings (SSSR count). The van der Waals surface area contributed by atoms with Crippen LogP contribution in [0.15, 0.2) is 45.8 Å². The molecule has 98 valence electrons. The van der Waals surface area contributed by atoms with Crippen LogP contribution >= 0.6 is 0 Å². The summed E-state index contributed by atoms with van der Waals surface area (Å²) < 4.78 is 5.19. The summed E-state index contributed by atoms with van der Waals surface area (Å²) in [5, 5.41) is 9.08. The van der Waals surface area contributed by atoms with Gasteiger partial charge in [-0.15, -0.1) is 0 Å². The van der Waals surface area contributed by atoms with Crippen molar-refractivity contribution in [3.8, 4) is 11.3 Å². The summed E-state index contributed by atoms with van der Waals surface area (Å²) in [5.41, 5.74) is 0.616. The van der Waals surface area contributed by atoms with Gasteiger partial charge in [0.1, 0.15) is 5.56 Å². The third kappa shape index (κ3) is 2.49. The average molecular weight is 259 g/mol. The average Bonchev–Trinajstić information content (AvgIpc) is 2.38. The number of carboxylic acids is 1. The monoisotopic (exact) mass is 259 g/mol. The molecular formula is C14H13NO4. The zero-order valence-corrected chi connectivity index (χ0v) is 10.6. The molecule has 0 aliphatic heterocycles. The van der Waals surface area contributed by atoms with E-state index in [1.54, 1.807) is 12.1 Å². The maximum absolute atomic E-state index is 11.6. The SMILES string of the molecule is CN(C)c1ccc(-c2occc(=O)c2C(=O)O)cc1. The van der Waals surface area contributed by atoms with Crippen molar-refractivity contribution < 1.29 is 14.3 Å². The van der Waals surface area contributed by atoms with E-state index in [1.807, 2.05) is 31.1 Å². The van der Waals surface area contributed by atoms with Gasteiger partial charge in [-0.2, -0.15) is 0 Å². The van der Waals surface area contributed by atoms with Gasteiger partial charge in [-0.25, -0.2) is 4.79 Å². The summed E-state index contributed by atoms with van der Waals surface area (Å²) in [7, 11) is 3.81. The third-order valence-electron chi connectivity index (χ3n) is 2.74. The number of carboxylic acid groups (broad SMARTS) is 1. The van der Waals surface area contributed by atoms with E-state index in [1.165, 1.54) is 6.26 Å². The first-order chi connectivity index (χ1) is 9.00. The molecule has 0 saturated heterocycles. The van der Waals surface area contributed by atoms with Gasteiger partial charge in [0.25, 0.3) is 0 Å². The Morgan fingerprint density at radius 1 is 1.16 bits per heavy atom. The molecule has 0 unspecified atom stereocenters. The second-order valence-electron chi connectivity index (χ2n) is 4.24. The Morgan fingerprint density at radius 3 is 2.32 bits per heavy atom. The Kier molecular flexibility index (Phi) is 3.37. The van der Waals surface area contributed by atoms with Gasteiger partial charge in [-0.05, 0) is 24.3 Å². The second kappa shape index (κ2) is 4.97. The number of aromatic carboxylic acids is 1. The molecule has 0 aliphatic carbocycles. The van der Waals surface area contributed by atoms with E-state index in [0.29, 0.717) is 5.56 Å². The molecule has 0 radical (unpaired) electrons. The standard InChI is InChI=1S/C14H13NO4/c1-15(2)10-5-3-9(4-6-10)13-12(14(17)18)11(16)7-8-19-13/h3-8H,1-2H3,(H,17,18). The lowest BCUT2D eigenvalue weighted by Crippen LogP contribution is -2.14. The van der Waals surface area contributed by atoms with E-state index < -0.39 is 11.4 Å². The Balaban J connectivity index is 2.56. The smallest absolute Gasteiger partial charge is 0.343 e. The summed E-state index contributed by atoms with van der Waals surface area (Å²) in [4.78, 5) is 24.6. The van der Waals surface area contributed by atoms with Crippen molar-refractivity contribution in [1.29, 1.82) is 0 Å². The van der Waals surface area contributed by atoms with Gasteiger partial charge in [0.2, 0.25) is 0 Å². The van der Waals surface area contributed by atoms with E-state index in [2.05, 4.69) is 0 Å². The largest absolute Gasteiger partial charge is 0.477 e. The van der Waals surface area contributed by atoms with Gasteiger partial charge in [-0.3, -0.25) is 4.79 Å². The normalized spacial score (nSPS) is 10.2. The summed E-state index contributed by atoms with van der Waals surface area (Å²) in [6.45, 7) is 0. The molecule has 0 bridgehead atoms. The first-order valence-corrected chi connectivity index (χ1v) is 5.63. The van der Waals surface area contributed by atoms with Crippen LogP contribution in [0, 0.1) is 0 Å². The quantitative estimate of drug-likeness (QED) is 0.913. The lowest BCUT2D eigenvalue weighted by molar-refractivity contribution is 0.0694. The van der Waals surface area contributed by atoms with Gasteiger partial charge in [0, 0.05) is 31.4 Å². The highest BCUT2D eigenvalue weighted by Gasteiger charge is 2.18. The van der Waals surface area contributed by atoms with Crippen LogP contribution in [0.2, 0.25) is 0 Å². The molecule has 1 aromatic carbocycles. The van der Waals surface area contributed by atoms with Crippen molar-refractivity contribution in [2.24, 2.45) is 0 Å². The van der Waals surface area contributed by atoms with Crippen molar-refractivity contribution >= 4 is 11.7 Å². The number of benzene rings is 1. The zero-order valence-electron chi connectivity index (χ0n) is 10.6. The molecule has 0 spiro atoms. The van der Waals surface area contributed by atoms with Crippen LogP contribution in [0.5, 0.6) is 0 Å². The van der Waals surface area contributed by atoms with Crippen LogP contribution in [0.25, 0.3) is 11.3 Å². The van der Waals surface area contributed by atoms with E-state index in [4.69, 9.17) is 9.52 Å². The van der Waals surface area contributed by atoms with Gasteiger partial charge >= 0.3 is 5.97 Å². The van der Waals surface area contributed by atoms with Crippen LogP contribution in [-0.4, -0.2) is 25.2 Å². The number of nitrogens with zero attached hydrogens (tertiary/aromatic N) is 1. The fraction of sp³-hybridized carbons (Fsp3) is 0.143. The van der Waals surface area contributed by atoms with Gasteiger partial charge in [0.15, 0.2) is 11.2 Å². The van der Waals surface area contributed by atoms with Crippen LogP contribution in [-0.2, 0) is 0 Å². The molecule has 0 fully saturated rings. The zero-order chi connectivity index (χ0) is 14.0. The van der Waals surface area contributed by atoms with Crippen molar-refractivity contribution in [3.05, 3.63) is 52.4 Å². The Labute approximate surface area is 109 Å². The molecule has 1 heterocycles. The summed E-state index contributed by atoms with van der Waals surface area (Å²) in [5.74, 6) is -1.22. The maximum Gasteiger partial charge on any atom is 0.343 e. The molecule has 0 atom stereocenters. The highest BCUT2D eigenvalue weighted by Crippen LogP contribution is 2.24. The highest BCUT2D eigenvalue weighted by molar-refractivity contribution is 5.94. The number of hydrogen-bond acceptors (Lipinski definition) is 4. The molecule has 1 aromatic heterocycles. The first-order valence-electron chi connectivity index (χ1n) is 5.63. The van der Waals surface area contributed by atoms with Crippen molar-refractivity contribution in [2.45, 2.75) is 0 Å². The van der Waals surface area contributed by atoms with Crippen LogP contribution < -0.4 is 10.3 Å². The topological polar surface area (TPSA) is 70.8 Å². The van der Waals surface area contributed by atoms with E-state index in [9.17, 15) is 9.59 Å². The maximum atomic E-state index is 11.6. The molecular weight excluding hydrogens is 246 g/mol. The molecule has 5 nitrogen and oxygen atoms in total. The summed E-state index contributed by atoms with van der Waals surface area (Å²) in [6, 6.07) is 8.20. The molecule has 1 N–H and O–H groups in total. The Morgan fingerprint density at radius 2 is 1.79 bits per heavy atom. The van der Waals surface area contributed by atoms with E-state index in [-0.39, 0.29) is 11.3 Å². The minimum Gasteiger partial charge on any atom is -0.477 e. The van der Waals surface area contributed by atoms with Crippen molar-refractivity contribution in [1.82, 2.24) is 0 Å². The highest BCUT2D eigenvalue weighted by atomic mass is 16.4. The fourth-order valence-electron chi connectivity index (χ4n) is 1.74. The van der Waals surface area contributed by atoms with Gasteiger partial charge in [-0.1, -0.05) is 0 Å². The number of hydrogen-bond donors (Lipinski definition) is 1. The molecule has 5 heteroatoms. The van der Waals surface area contributed by atoms with Crippen LogP contribution in [0.1, 0.15) is 10.4 Å². The van der Waals surface area contributed by atoms with Crippen LogP contribution in [0.4, 0.5) is 5.69 Å². The molecule has 0 amide bonds. The summed E-state index contributed by atoms with van der Waals surface area (Å²) >= 11 is 0. The second-order valence-corrected chi connectivity index (χ2v) is 4.24. The minimum atomic E-state index is -1.29. The molecule has 19 heavy (non-hydrogen) atoms. The molecule has 2 aromatic rings. The minimum absolute atomic E-state index is 0.0744.